The predicted molar refractivity (Wildman–Crippen MR) is 109 cm³/mol. The Kier molecular flexibility index (Phi) is 4.41. The summed E-state index contributed by atoms with van der Waals surface area (Å²) in [6.45, 7) is 3.12. The average molecular weight is 346 g/mol. The van der Waals surface area contributed by atoms with E-state index in [-0.39, 0.29) is 0 Å². The lowest BCUT2D eigenvalue weighted by molar-refractivity contribution is 0.780. The Morgan fingerprint density at radius 2 is 1.69 bits per heavy atom. The maximum Gasteiger partial charge on any atom is 0.133 e. The summed E-state index contributed by atoms with van der Waals surface area (Å²) in [5, 5.41) is 8.64. The van der Waals surface area contributed by atoms with Gasteiger partial charge >= 0.3 is 0 Å². The summed E-state index contributed by atoms with van der Waals surface area (Å²) < 4.78 is 2.08. The Morgan fingerprint density at radius 1 is 0.962 bits per heavy atom. The van der Waals surface area contributed by atoms with Crippen LogP contribution in [0.15, 0.2) is 48.5 Å². The minimum absolute atomic E-state index is 1.00. The van der Waals surface area contributed by atoms with Crippen molar-refractivity contribution in [2.75, 3.05) is 30.9 Å². The number of aromatic nitrogens is 2. The Morgan fingerprint density at radius 3 is 2.38 bits per heavy atom. The zero-order chi connectivity index (χ0) is 18.1. The second kappa shape index (κ2) is 6.87. The maximum atomic E-state index is 5.02. The van der Waals surface area contributed by atoms with Crippen molar-refractivity contribution in [2.24, 2.45) is 0 Å². The van der Waals surface area contributed by atoms with Crippen molar-refractivity contribution in [1.29, 1.82) is 0 Å². The molecule has 4 heteroatoms. The molecule has 0 atom stereocenters. The van der Waals surface area contributed by atoms with Gasteiger partial charge in [0.1, 0.15) is 5.82 Å². The van der Waals surface area contributed by atoms with Crippen molar-refractivity contribution in [3.8, 4) is 16.9 Å². The summed E-state index contributed by atoms with van der Waals surface area (Å²) in [5.74, 6) is 1.15. The Balaban J connectivity index is 1.83. The highest BCUT2D eigenvalue weighted by Gasteiger charge is 2.21. The molecule has 1 aliphatic rings. The predicted octanol–water partition coefficient (Wildman–Crippen LogP) is 4.66. The Hall–Kier alpha value is -2.75. The van der Waals surface area contributed by atoms with Crippen LogP contribution in [-0.4, -0.2) is 30.4 Å². The van der Waals surface area contributed by atoms with Crippen LogP contribution >= 0.6 is 0 Å². The van der Waals surface area contributed by atoms with E-state index in [1.54, 1.807) is 0 Å². The summed E-state index contributed by atoms with van der Waals surface area (Å²) in [4.78, 5) is 2.12. The number of rotatable bonds is 3. The molecule has 1 aromatic heterocycles. The molecule has 4 nitrogen and oxygen atoms in total. The van der Waals surface area contributed by atoms with Crippen molar-refractivity contribution in [2.45, 2.75) is 26.2 Å². The van der Waals surface area contributed by atoms with E-state index in [0.717, 1.165) is 30.2 Å². The highest BCUT2D eigenvalue weighted by molar-refractivity contribution is 5.72. The van der Waals surface area contributed by atoms with Crippen LogP contribution < -0.4 is 10.2 Å². The number of hydrogen-bond donors (Lipinski definition) is 1. The van der Waals surface area contributed by atoms with E-state index in [2.05, 4.69) is 84.4 Å². The summed E-state index contributed by atoms with van der Waals surface area (Å²) in [7, 11) is 4.13. The van der Waals surface area contributed by atoms with Crippen LogP contribution in [0.2, 0.25) is 0 Å². The van der Waals surface area contributed by atoms with Crippen LogP contribution in [0.1, 0.15) is 24.0 Å². The molecule has 0 amide bonds. The molecular formula is C22H26N4. The van der Waals surface area contributed by atoms with E-state index >= 15 is 0 Å². The van der Waals surface area contributed by atoms with Crippen molar-refractivity contribution in [1.82, 2.24) is 9.78 Å². The normalized spacial score (nSPS) is 13.7. The first-order chi connectivity index (χ1) is 12.6. The zero-order valence-electron chi connectivity index (χ0n) is 15.8. The molecule has 0 fully saturated rings. The van der Waals surface area contributed by atoms with Gasteiger partial charge in [0.2, 0.25) is 0 Å². The molecule has 1 aliphatic heterocycles. The van der Waals surface area contributed by atoms with E-state index in [1.165, 1.54) is 35.2 Å². The lowest BCUT2D eigenvalue weighted by Crippen LogP contribution is -2.08. The summed E-state index contributed by atoms with van der Waals surface area (Å²) in [5.41, 5.74) is 7.19. The standard InChI is InChI=1S/C22H26N4/c1-16-7-11-19(12-8-16)26-22-20(6-4-5-15-23-22)21(24-26)17-9-13-18(14-10-17)25(2)3/h7-14,23H,4-6,15H2,1-3H3. The van der Waals surface area contributed by atoms with Crippen LogP contribution in [0, 0.1) is 6.92 Å². The second-order valence-corrected chi connectivity index (χ2v) is 7.25. The first-order valence-electron chi connectivity index (χ1n) is 9.34. The van der Waals surface area contributed by atoms with Gasteiger partial charge in [0.15, 0.2) is 0 Å². The molecule has 134 valence electrons. The maximum absolute atomic E-state index is 5.02. The van der Waals surface area contributed by atoms with Crippen LogP contribution in [0.3, 0.4) is 0 Å². The minimum Gasteiger partial charge on any atom is -0.378 e. The fourth-order valence-electron chi connectivity index (χ4n) is 3.52. The zero-order valence-corrected chi connectivity index (χ0v) is 15.8. The van der Waals surface area contributed by atoms with Crippen molar-refractivity contribution < 1.29 is 0 Å². The molecule has 4 rings (SSSR count). The van der Waals surface area contributed by atoms with Gasteiger partial charge in [-0.2, -0.15) is 5.10 Å². The highest BCUT2D eigenvalue weighted by Crippen LogP contribution is 2.34. The summed E-state index contributed by atoms with van der Waals surface area (Å²) in [6.07, 6.45) is 3.46. The smallest absolute Gasteiger partial charge is 0.133 e. The molecule has 0 spiro atoms. The van der Waals surface area contributed by atoms with E-state index in [1.807, 2.05) is 0 Å². The third-order valence-corrected chi connectivity index (χ3v) is 5.07. The van der Waals surface area contributed by atoms with Gasteiger partial charge in [-0.05, 0) is 50.5 Å². The monoisotopic (exact) mass is 346 g/mol. The molecule has 0 saturated heterocycles. The number of benzene rings is 2. The number of nitrogens with one attached hydrogen (secondary N) is 1. The van der Waals surface area contributed by atoms with Gasteiger partial charge < -0.3 is 10.2 Å². The number of anilines is 2. The van der Waals surface area contributed by atoms with Gasteiger partial charge in [-0.3, -0.25) is 0 Å². The molecule has 3 aromatic rings. The van der Waals surface area contributed by atoms with E-state index in [0.29, 0.717) is 0 Å². The fourth-order valence-corrected chi connectivity index (χ4v) is 3.52. The highest BCUT2D eigenvalue weighted by atomic mass is 15.3. The molecular weight excluding hydrogens is 320 g/mol. The van der Waals surface area contributed by atoms with Crippen molar-refractivity contribution in [3.63, 3.8) is 0 Å². The van der Waals surface area contributed by atoms with Gasteiger partial charge in [-0.25, -0.2) is 4.68 Å². The summed E-state index contributed by atoms with van der Waals surface area (Å²) >= 11 is 0. The van der Waals surface area contributed by atoms with Crippen LogP contribution in [0.4, 0.5) is 11.5 Å². The third-order valence-electron chi connectivity index (χ3n) is 5.07. The lowest BCUT2D eigenvalue weighted by atomic mass is 10.0. The van der Waals surface area contributed by atoms with Crippen LogP contribution in [0.5, 0.6) is 0 Å². The van der Waals surface area contributed by atoms with E-state index < -0.39 is 0 Å². The molecule has 0 unspecified atom stereocenters. The van der Waals surface area contributed by atoms with E-state index in [9.17, 15) is 0 Å². The molecule has 0 saturated carbocycles. The van der Waals surface area contributed by atoms with E-state index in [4.69, 9.17) is 5.10 Å². The SMILES string of the molecule is Cc1ccc(-n2nc(-c3ccc(N(C)C)cc3)c3c2NCCCC3)cc1. The number of nitrogens with zero attached hydrogens (tertiary/aromatic N) is 3. The number of fused-ring (bicyclic) bond motifs is 1. The van der Waals surface area contributed by atoms with Gasteiger partial charge in [0.05, 0.1) is 11.4 Å². The number of aryl methyl sites for hydroxylation is 1. The lowest BCUT2D eigenvalue weighted by Gasteiger charge is -2.12. The van der Waals surface area contributed by atoms with Crippen molar-refractivity contribution in [3.05, 3.63) is 59.7 Å². The molecule has 0 aliphatic carbocycles. The second-order valence-electron chi connectivity index (χ2n) is 7.25. The van der Waals surface area contributed by atoms with Crippen LogP contribution in [-0.2, 0) is 6.42 Å². The first-order valence-corrected chi connectivity index (χ1v) is 9.34. The molecule has 26 heavy (non-hydrogen) atoms. The third kappa shape index (κ3) is 3.07. The fraction of sp³-hybridized carbons (Fsp3) is 0.318. The van der Waals surface area contributed by atoms with Gasteiger partial charge in [0.25, 0.3) is 0 Å². The average Bonchev–Trinajstić information content (AvgIpc) is 2.84. The molecule has 2 heterocycles. The van der Waals surface area contributed by atoms with Gasteiger partial charge in [-0.15, -0.1) is 0 Å². The summed E-state index contributed by atoms with van der Waals surface area (Å²) in [6, 6.07) is 17.3. The molecule has 0 bridgehead atoms. The van der Waals surface area contributed by atoms with Gasteiger partial charge in [0, 0.05) is 37.5 Å². The quantitative estimate of drug-likeness (QED) is 0.748. The Labute approximate surface area is 155 Å². The Bertz CT molecular complexity index is 889. The molecule has 0 radical (unpaired) electrons. The molecule has 2 aromatic carbocycles. The van der Waals surface area contributed by atoms with Crippen LogP contribution in [0.25, 0.3) is 16.9 Å². The topological polar surface area (TPSA) is 33.1 Å². The number of hydrogen-bond acceptors (Lipinski definition) is 3. The largest absolute Gasteiger partial charge is 0.378 e. The van der Waals surface area contributed by atoms with Gasteiger partial charge in [-0.1, -0.05) is 29.8 Å². The first kappa shape index (κ1) is 16.7. The minimum atomic E-state index is 1.00. The molecule has 1 N–H and O–H groups in total. The van der Waals surface area contributed by atoms with Crippen molar-refractivity contribution >= 4 is 11.5 Å².